The van der Waals surface area contributed by atoms with E-state index in [0.717, 1.165) is 29.9 Å². The molecule has 190 valence electrons. The van der Waals surface area contributed by atoms with E-state index < -0.39 is 10.5 Å². The average molecular weight is 505 g/mol. The molecule has 2 aromatic rings. The Hall–Kier alpha value is -3.04. The maximum atomic E-state index is 12.3. The van der Waals surface area contributed by atoms with Gasteiger partial charge in [-0.3, -0.25) is 15.4 Å². The largest absolute Gasteiger partial charge is 0.490 e. The first-order chi connectivity index (χ1) is 16.6. The quantitative estimate of drug-likeness (QED) is 0.243. The van der Waals surface area contributed by atoms with Crippen LogP contribution in [0.4, 0.5) is 16.2 Å². The Balaban J connectivity index is 1.47. The van der Waals surface area contributed by atoms with E-state index in [-0.39, 0.29) is 23.0 Å². The highest BCUT2D eigenvalue weighted by molar-refractivity contribution is 6.20. The van der Waals surface area contributed by atoms with E-state index in [2.05, 4.69) is 34.5 Å². The zero-order valence-electron chi connectivity index (χ0n) is 20.6. The number of methoxy groups -OCH3 is 1. The van der Waals surface area contributed by atoms with Crippen molar-refractivity contribution in [1.29, 1.82) is 0 Å². The first kappa shape index (κ1) is 26.6. The summed E-state index contributed by atoms with van der Waals surface area (Å²) in [6, 6.07) is 13.0. The zero-order valence-corrected chi connectivity index (χ0v) is 21.4. The summed E-state index contributed by atoms with van der Waals surface area (Å²) >= 11 is 6.46. The highest BCUT2D eigenvalue weighted by Crippen LogP contribution is 2.28. The topological polar surface area (TPSA) is 97.2 Å². The van der Waals surface area contributed by atoms with Crippen LogP contribution in [0.1, 0.15) is 31.9 Å². The fourth-order valence-electron chi connectivity index (χ4n) is 3.81. The number of ether oxygens (including phenoxy) is 2. The SMILES string of the molecule is COc1cc(CC(Cl)NCc2ccc(N3CCN(C(=O)OC(C)(C)C)CC3)cc2)ccc1[N+](=O)[O-]. The molecule has 1 atom stereocenters. The number of nitro benzene ring substituents is 1. The number of anilines is 1. The van der Waals surface area contributed by atoms with E-state index in [1.807, 2.05) is 20.8 Å². The lowest BCUT2D eigenvalue weighted by molar-refractivity contribution is -0.385. The Labute approximate surface area is 211 Å². The van der Waals surface area contributed by atoms with Crippen molar-refractivity contribution in [2.24, 2.45) is 0 Å². The molecule has 2 aromatic carbocycles. The Morgan fingerprint density at radius 2 is 1.74 bits per heavy atom. The lowest BCUT2D eigenvalue weighted by atomic mass is 10.1. The molecule has 0 saturated carbocycles. The molecule has 1 heterocycles. The zero-order chi connectivity index (χ0) is 25.6. The van der Waals surface area contributed by atoms with Gasteiger partial charge in [-0.15, -0.1) is 11.6 Å². The molecule has 1 N–H and O–H groups in total. The summed E-state index contributed by atoms with van der Waals surface area (Å²) < 4.78 is 10.6. The molecule has 0 bridgehead atoms. The molecule has 0 aliphatic carbocycles. The van der Waals surface area contributed by atoms with Crippen molar-refractivity contribution < 1.29 is 19.2 Å². The molecule has 1 fully saturated rings. The van der Waals surface area contributed by atoms with Crippen LogP contribution in [0.15, 0.2) is 42.5 Å². The van der Waals surface area contributed by atoms with Crippen molar-refractivity contribution in [1.82, 2.24) is 10.2 Å². The van der Waals surface area contributed by atoms with Gasteiger partial charge >= 0.3 is 11.8 Å². The molecule has 35 heavy (non-hydrogen) atoms. The van der Waals surface area contributed by atoms with E-state index in [1.165, 1.54) is 13.2 Å². The molecular formula is C25H33ClN4O5. The van der Waals surface area contributed by atoms with Gasteiger partial charge in [0.2, 0.25) is 0 Å². The lowest BCUT2D eigenvalue weighted by Gasteiger charge is -2.36. The molecule has 1 amide bonds. The number of hydrogen-bond acceptors (Lipinski definition) is 7. The third-order valence-electron chi connectivity index (χ3n) is 5.62. The summed E-state index contributed by atoms with van der Waals surface area (Å²) in [7, 11) is 1.41. The van der Waals surface area contributed by atoms with Crippen LogP contribution in [0.5, 0.6) is 5.75 Å². The molecule has 0 spiro atoms. The number of alkyl halides is 1. The predicted molar refractivity (Wildman–Crippen MR) is 136 cm³/mol. The number of nitrogens with zero attached hydrogens (tertiary/aromatic N) is 3. The van der Waals surface area contributed by atoms with Crippen LogP contribution in [0.2, 0.25) is 0 Å². The number of amides is 1. The minimum Gasteiger partial charge on any atom is -0.490 e. The van der Waals surface area contributed by atoms with Crippen LogP contribution < -0.4 is 15.0 Å². The van der Waals surface area contributed by atoms with Gasteiger partial charge in [0.15, 0.2) is 5.75 Å². The summed E-state index contributed by atoms with van der Waals surface area (Å²) in [5.74, 6) is 0.221. The molecule has 1 aliphatic heterocycles. The van der Waals surface area contributed by atoms with Gasteiger partial charge in [-0.05, 0) is 50.1 Å². The fourth-order valence-corrected chi connectivity index (χ4v) is 4.06. The normalized spacial score (nSPS) is 15.0. The van der Waals surface area contributed by atoms with Gasteiger partial charge < -0.3 is 19.3 Å². The van der Waals surface area contributed by atoms with Crippen molar-refractivity contribution in [3.8, 4) is 5.75 Å². The number of piperazine rings is 1. The van der Waals surface area contributed by atoms with Crippen LogP contribution in [0, 0.1) is 10.1 Å². The smallest absolute Gasteiger partial charge is 0.410 e. The maximum absolute atomic E-state index is 12.3. The van der Waals surface area contributed by atoms with E-state index >= 15 is 0 Å². The van der Waals surface area contributed by atoms with Gasteiger partial charge in [-0.2, -0.15) is 0 Å². The number of carbonyl (C=O) groups excluding carboxylic acids is 1. The van der Waals surface area contributed by atoms with Crippen molar-refractivity contribution >= 4 is 29.1 Å². The van der Waals surface area contributed by atoms with Crippen molar-refractivity contribution in [3.63, 3.8) is 0 Å². The first-order valence-electron chi connectivity index (χ1n) is 11.6. The number of carbonyl (C=O) groups is 1. The highest BCUT2D eigenvalue weighted by Gasteiger charge is 2.26. The Bertz CT molecular complexity index is 1020. The van der Waals surface area contributed by atoms with Crippen LogP contribution in [-0.4, -0.2) is 60.3 Å². The highest BCUT2D eigenvalue weighted by atomic mass is 35.5. The van der Waals surface area contributed by atoms with Gasteiger partial charge in [0.1, 0.15) is 5.60 Å². The molecule has 9 nitrogen and oxygen atoms in total. The fraction of sp³-hybridized carbons (Fsp3) is 0.480. The second kappa shape index (κ2) is 11.6. The van der Waals surface area contributed by atoms with Gasteiger partial charge in [-0.25, -0.2) is 4.79 Å². The molecule has 0 aromatic heterocycles. The maximum Gasteiger partial charge on any atom is 0.410 e. The van der Waals surface area contributed by atoms with Gasteiger partial charge in [0.25, 0.3) is 0 Å². The minimum atomic E-state index is -0.491. The second-order valence-corrected chi connectivity index (χ2v) is 9.96. The summed E-state index contributed by atoms with van der Waals surface area (Å²) in [5.41, 5.74) is 2.14. The van der Waals surface area contributed by atoms with Crippen LogP contribution in [0.3, 0.4) is 0 Å². The summed E-state index contributed by atoms with van der Waals surface area (Å²) in [6.07, 6.45) is 0.233. The van der Waals surface area contributed by atoms with Crippen molar-refractivity contribution in [2.75, 3.05) is 38.2 Å². The molecule has 1 unspecified atom stereocenters. The average Bonchev–Trinajstić information content (AvgIpc) is 2.82. The third-order valence-corrected chi connectivity index (χ3v) is 5.92. The van der Waals surface area contributed by atoms with E-state index in [1.54, 1.807) is 17.0 Å². The van der Waals surface area contributed by atoms with E-state index in [0.29, 0.717) is 26.1 Å². The van der Waals surface area contributed by atoms with Crippen molar-refractivity contribution in [3.05, 3.63) is 63.7 Å². The van der Waals surface area contributed by atoms with Gasteiger partial charge in [-0.1, -0.05) is 18.2 Å². The van der Waals surface area contributed by atoms with E-state index in [9.17, 15) is 14.9 Å². The number of halogens is 1. The van der Waals surface area contributed by atoms with Crippen molar-refractivity contribution in [2.45, 2.75) is 44.8 Å². The predicted octanol–water partition coefficient (Wildman–Crippen LogP) is 4.56. The molecule has 10 heteroatoms. The summed E-state index contributed by atoms with van der Waals surface area (Å²) in [5, 5.41) is 14.3. The number of nitrogens with one attached hydrogen (secondary N) is 1. The monoisotopic (exact) mass is 504 g/mol. The number of benzene rings is 2. The van der Waals surface area contributed by atoms with E-state index in [4.69, 9.17) is 21.1 Å². The third kappa shape index (κ3) is 7.73. The number of rotatable bonds is 8. The van der Waals surface area contributed by atoms with Crippen LogP contribution in [0.25, 0.3) is 0 Å². The van der Waals surface area contributed by atoms with Crippen LogP contribution in [-0.2, 0) is 17.7 Å². The first-order valence-corrected chi connectivity index (χ1v) is 12.0. The lowest BCUT2D eigenvalue weighted by Crippen LogP contribution is -2.50. The van der Waals surface area contributed by atoms with Crippen LogP contribution >= 0.6 is 11.6 Å². The van der Waals surface area contributed by atoms with Gasteiger partial charge in [0, 0.05) is 50.9 Å². The standard InChI is InChI=1S/C25H33ClN4O5/c1-25(2,3)35-24(31)29-13-11-28(12-14-29)20-8-5-18(6-9-20)17-27-23(26)16-19-7-10-21(30(32)33)22(15-19)34-4/h5-10,15,23,27H,11-14,16-17H2,1-4H3. The Kier molecular flexibility index (Phi) is 8.80. The molecule has 0 radical (unpaired) electrons. The Morgan fingerprint density at radius 1 is 1.11 bits per heavy atom. The summed E-state index contributed by atoms with van der Waals surface area (Å²) in [4.78, 5) is 26.8. The molecule has 3 rings (SSSR count). The number of hydrogen-bond donors (Lipinski definition) is 1. The molecular weight excluding hydrogens is 472 g/mol. The van der Waals surface area contributed by atoms with Gasteiger partial charge in [0.05, 0.1) is 17.5 Å². The second-order valence-electron chi connectivity index (χ2n) is 9.44. The molecule has 1 saturated heterocycles. The molecule has 1 aliphatic rings. The number of nitro groups is 1. The Morgan fingerprint density at radius 3 is 2.31 bits per heavy atom. The minimum absolute atomic E-state index is 0.0679. The summed E-state index contributed by atoms with van der Waals surface area (Å²) in [6.45, 7) is 8.95.